The van der Waals surface area contributed by atoms with Crippen molar-refractivity contribution < 1.29 is 0 Å². The molecule has 0 aromatic carbocycles. The van der Waals surface area contributed by atoms with E-state index in [1.54, 1.807) is 6.20 Å². The zero-order valence-electron chi connectivity index (χ0n) is 7.81. The molecular formula is C10H10N4. The van der Waals surface area contributed by atoms with E-state index in [2.05, 4.69) is 20.3 Å². The molecule has 0 unspecified atom stereocenters. The largest absolute Gasteiger partial charge is 0.373 e. The van der Waals surface area contributed by atoms with Crippen LogP contribution in [0, 0.1) is 0 Å². The second-order valence-electron chi connectivity index (χ2n) is 2.75. The molecule has 1 N–H and O–H groups in total. The smallest absolute Gasteiger partial charge is 0.129 e. The Bertz CT molecular complexity index is 413. The number of pyridine rings is 1. The molecule has 0 aliphatic heterocycles. The van der Waals surface area contributed by atoms with Gasteiger partial charge in [-0.05, 0) is 12.1 Å². The predicted molar refractivity (Wildman–Crippen MR) is 54.8 cm³/mol. The van der Waals surface area contributed by atoms with Crippen LogP contribution in [-0.4, -0.2) is 22.0 Å². The lowest BCUT2D eigenvalue weighted by molar-refractivity contribution is 1.15. The Morgan fingerprint density at radius 1 is 1.07 bits per heavy atom. The highest BCUT2D eigenvalue weighted by molar-refractivity contribution is 5.57. The minimum Gasteiger partial charge on any atom is -0.373 e. The van der Waals surface area contributed by atoms with Gasteiger partial charge >= 0.3 is 0 Å². The number of hydrogen-bond donors (Lipinski definition) is 1. The normalized spacial score (nSPS) is 9.79. The van der Waals surface area contributed by atoms with Crippen LogP contribution < -0.4 is 5.32 Å². The van der Waals surface area contributed by atoms with Crippen LogP contribution in [-0.2, 0) is 0 Å². The first-order chi connectivity index (χ1) is 6.90. The highest BCUT2D eigenvalue weighted by atomic mass is 15.0. The Labute approximate surface area is 82.1 Å². The molecule has 4 nitrogen and oxygen atoms in total. The van der Waals surface area contributed by atoms with Crippen molar-refractivity contribution in [3.63, 3.8) is 0 Å². The first kappa shape index (κ1) is 8.62. The summed E-state index contributed by atoms with van der Waals surface area (Å²) < 4.78 is 0. The zero-order valence-corrected chi connectivity index (χ0v) is 7.81. The van der Waals surface area contributed by atoms with E-state index in [4.69, 9.17) is 0 Å². The number of aromatic nitrogens is 3. The Balaban J connectivity index is 2.42. The summed E-state index contributed by atoms with van der Waals surface area (Å²) >= 11 is 0. The summed E-state index contributed by atoms with van der Waals surface area (Å²) in [5.41, 5.74) is 1.68. The third-order valence-electron chi connectivity index (χ3n) is 1.85. The Hall–Kier alpha value is -1.97. The molecule has 0 fully saturated rings. The molecule has 2 aromatic rings. The van der Waals surface area contributed by atoms with E-state index in [-0.39, 0.29) is 0 Å². The summed E-state index contributed by atoms with van der Waals surface area (Å²) in [6.45, 7) is 0. The summed E-state index contributed by atoms with van der Waals surface area (Å²) in [7, 11) is 1.82. The van der Waals surface area contributed by atoms with Gasteiger partial charge in [0.2, 0.25) is 0 Å². The maximum atomic E-state index is 4.21. The number of hydrogen-bond acceptors (Lipinski definition) is 4. The van der Waals surface area contributed by atoms with Gasteiger partial charge in [-0.1, -0.05) is 6.07 Å². The van der Waals surface area contributed by atoms with E-state index in [1.165, 1.54) is 6.33 Å². The average molecular weight is 186 g/mol. The third-order valence-corrected chi connectivity index (χ3v) is 1.85. The van der Waals surface area contributed by atoms with Crippen LogP contribution in [0.25, 0.3) is 11.4 Å². The molecule has 0 bridgehead atoms. The summed E-state index contributed by atoms with van der Waals surface area (Å²) in [6.07, 6.45) is 3.27. The monoisotopic (exact) mass is 186 g/mol. The Morgan fingerprint density at radius 3 is 2.71 bits per heavy atom. The molecule has 2 heterocycles. The van der Waals surface area contributed by atoms with Crippen molar-refractivity contribution in [2.75, 3.05) is 12.4 Å². The molecule has 14 heavy (non-hydrogen) atoms. The van der Waals surface area contributed by atoms with Gasteiger partial charge in [0.15, 0.2) is 0 Å². The third kappa shape index (κ3) is 1.69. The molecule has 0 aliphatic rings. The number of nitrogens with zero attached hydrogens (tertiary/aromatic N) is 3. The topological polar surface area (TPSA) is 50.7 Å². The van der Waals surface area contributed by atoms with E-state index in [1.807, 2.05) is 31.3 Å². The molecule has 0 aliphatic carbocycles. The molecule has 0 radical (unpaired) electrons. The molecule has 0 saturated heterocycles. The standard InChI is InChI=1S/C10H10N4/c1-11-10-6-9(13-7-14-10)8-4-2-3-5-12-8/h2-7H,1H3,(H,11,13,14). The van der Waals surface area contributed by atoms with Gasteiger partial charge in [0.1, 0.15) is 12.1 Å². The van der Waals surface area contributed by atoms with Crippen molar-refractivity contribution >= 4 is 5.82 Å². The van der Waals surface area contributed by atoms with E-state index < -0.39 is 0 Å². The molecule has 0 spiro atoms. The average Bonchev–Trinajstić information content (AvgIpc) is 2.30. The van der Waals surface area contributed by atoms with E-state index in [0.29, 0.717) is 0 Å². The van der Waals surface area contributed by atoms with E-state index >= 15 is 0 Å². The minimum atomic E-state index is 0.792. The van der Waals surface area contributed by atoms with Crippen molar-refractivity contribution in [1.29, 1.82) is 0 Å². The van der Waals surface area contributed by atoms with Crippen LogP contribution in [0.15, 0.2) is 36.8 Å². The van der Waals surface area contributed by atoms with Crippen LogP contribution in [0.5, 0.6) is 0 Å². The molecule has 70 valence electrons. The quantitative estimate of drug-likeness (QED) is 0.773. The fraction of sp³-hybridized carbons (Fsp3) is 0.100. The highest BCUT2D eigenvalue weighted by Gasteiger charge is 2.00. The van der Waals surface area contributed by atoms with Crippen molar-refractivity contribution in [3.05, 3.63) is 36.8 Å². The molecule has 4 heteroatoms. The number of rotatable bonds is 2. The predicted octanol–water partition coefficient (Wildman–Crippen LogP) is 1.58. The van der Waals surface area contributed by atoms with Crippen LogP contribution in [0.3, 0.4) is 0 Å². The van der Waals surface area contributed by atoms with E-state index in [9.17, 15) is 0 Å². The van der Waals surface area contributed by atoms with Crippen molar-refractivity contribution in [2.24, 2.45) is 0 Å². The molecule has 0 amide bonds. The lowest BCUT2D eigenvalue weighted by Crippen LogP contribution is -1.94. The molecule has 2 rings (SSSR count). The Kier molecular flexibility index (Phi) is 2.36. The lowest BCUT2D eigenvalue weighted by atomic mass is 10.2. The SMILES string of the molecule is CNc1cc(-c2ccccn2)ncn1. The van der Waals surface area contributed by atoms with Gasteiger partial charge in [-0.25, -0.2) is 9.97 Å². The maximum absolute atomic E-state index is 4.21. The lowest BCUT2D eigenvalue weighted by Gasteiger charge is -2.01. The highest BCUT2D eigenvalue weighted by Crippen LogP contribution is 2.14. The Morgan fingerprint density at radius 2 is 2.00 bits per heavy atom. The summed E-state index contributed by atoms with van der Waals surface area (Å²) in [6, 6.07) is 7.59. The first-order valence-corrected chi connectivity index (χ1v) is 4.31. The van der Waals surface area contributed by atoms with Gasteiger partial charge in [0.05, 0.1) is 11.4 Å². The number of nitrogens with one attached hydrogen (secondary N) is 1. The maximum Gasteiger partial charge on any atom is 0.129 e. The second-order valence-corrected chi connectivity index (χ2v) is 2.75. The van der Waals surface area contributed by atoms with Gasteiger partial charge in [0, 0.05) is 19.3 Å². The number of anilines is 1. The van der Waals surface area contributed by atoms with Crippen molar-refractivity contribution in [2.45, 2.75) is 0 Å². The molecular weight excluding hydrogens is 176 g/mol. The van der Waals surface area contributed by atoms with Crippen molar-refractivity contribution in [1.82, 2.24) is 15.0 Å². The summed E-state index contributed by atoms with van der Waals surface area (Å²) in [4.78, 5) is 12.4. The van der Waals surface area contributed by atoms with Gasteiger partial charge < -0.3 is 5.32 Å². The van der Waals surface area contributed by atoms with Crippen LogP contribution >= 0.6 is 0 Å². The fourth-order valence-corrected chi connectivity index (χ4v) is 1.15. The molecule has 0 saturated carbocycles. The van der Waals surface area contributed by atoms with Gasteiger partial charge in [-0.15, -0.1) is 0 Å². The fourth-order valence-electron chi connectivity index (χ4n) is 1.15. The second kappa shape index (κ2) is 3.83. The van der Waals surface area contributed by atoms with Crippen molar-refractivity contribution in [3.8, 4) is 11.4 Å². The van der Waals surface area contributed by atoms with Gasteiger partial charge in [0.25, 0.3) is 0 Å². The van der Waals surface area contributed by atoms with Crippen LogP contribution in [0.1, 0.15) is 0 Å². The zero-order chi connectivity index (χ0) is 9.80. The molecule has 0 atom stereocenters. The molecule has 2 aromatic heterocycles. The van der Waals surface area contributed by atoms with Gasteiger partial charge in [-0.3, -0.25) is 4.98 Å². The van der Waals surface area contributed by atoms with E-state index in [0.717, 1.165) is 17.2 Å². The van der Waals surface area contributed by atoms with Crippen LogP contribution in [0.4, 0.5) is 5.82 Å². The van der Waals surface area contributed by atoms with Gasteiger partial charge in [-0.2, -0.15) is 0 Å². The summed E-state index contributed by atoms with van der Waals surface area (Å²) in [5, 5.41) is 2.96. The first-order valence-electron chi connectivity index (χ1n) is 4.31. The minimum absolute atomic E-state index is 0.792. The summed E-state index contributed by atoms with van der Waals surface area (Å²) in [5.74, 6) is 0.792. The van der Waals surface area contributed by atoms with Crippen LogP contribution in [0.2, 0.25) is 0 Å².